The first-order valence-electron chi connectivity index (χ1n) is 6.18. The summed E-state index contributed by atoms with van der Waals surface area (Å²) in [6, 6.07) is 7.84. The van der Waals surface area contributed by atoms with Crippen LogP contribution in [0.3, 0.4) is 0 Å². The van der Waals surface area contributed by atoms with Crippen LogP contribution in [0.25, 0.3) is 0 Å². The number of nitrogens with two attached hydrogens (primary N) is 2. The fourth-order valence-electron chi connectivity index (χ4n) is 1.85. The average Bonchev–Trinajstić information content (AvgIpc) is 2.42. The second kappa shape index (κ2) is 5.74. The van der Waals surface area contributed by atoms with Crippen LogP contribution in [0.1, 0.15) is 15.9 Å². The highest BCUT2D eigenvalue weighted by Gasteiger charge is 2.16. The van der Waals surface area contributed by atoms with Crippen molar-refractivity contribution in [3.8, 4) is 0 Å². The van der Waals surface area contributed by atoms with Crippen LogP contribution in [0.5, 0.6) is 0 Å². The van der Waals surface area contributed by atoms with Crippen LogP contribution in [-0.2, 0) is 10.0 Å². The fraction of sp³-hybridized carbons (Fsp3) is 0.0714. The molecule has 0 radical (unpaired) electrons. The highest BCUT2D eigenvalue weighted by atomic mass is 32.2. The van der Waals surface area contributed by atoms with Crippen molar-refractivity contribution in [2.45, 2.75) is 11.8 Å². The van der Waals surface area contributed by atoms with Gasteiger partial charge in [-0.05, 0) is 48.9 Å². The number of amides is 1. The molecule has 116 valence electrons. The molecule has 0 spiro atoms. The third kappa shape index (κ3) is 3.41. The zero-order valence-electron chi connectivity index (χ0n) is 11.6. The Morgan fingerprint density at radius 1 is 1.18 bits per heavy atom. The smallest absolute Gasteiger partial charge is 0.255 e. The van der Waals surface area contributed by atoms with Crippen LogP contribution in [0.4, 0.5) is 15.8 Å². The number of sulfonamides is 1. The molecule has 0 atom stereocenters. The minimum atomic E-state index is -4.03. The molecule has 0 saturated carbocycles. The monoisotopic (exact) mass is 323 g/mol. The van der Waals surface area contributed by atoms with Crippen LogP contribution in [0.15, 0.2) is 41.3 Å². The van der Waals surface area contributed by atoms with Gasteiger partial charge in [0.15, 0.2) is 0 Å². The van der Waals surface area contributed by atoms with E-state index in [0.29, 0.717) is 11.3 Å². The molecule has 0 saturated heterocycles. The Labute approximate surface area is 127 Å². The van der Waals surface area contributed by atoms with E-state index in [1.54, 1.807) is 6.92 Å². The molecule has 2 rings (SSSR count). The van der Waals surface area contributed by atoms with Crippen LogP contribution in [0, 0.1) is 12.7 Å². The molecule has 8 heteroatoms. The van der Waals surface area contributed by atoms with Gasteiger partial charge in [0.2, 0.25) is 10.0 Å². The number of carbonyl (C=O) groups excluding carboxylic acids is 1. The Hall–Kier alpha value is -2.45. The molecule has 0 aliphatic rings. The molecule has 0 aliphatic carbocycles. The van der Waals surface area contributed by atoms with Gasteiger partial charge < -0.3 is 11.1 Å². The van der Waals surface area contributed by atoms with Crippen LogP contribution in [0.2, 0.25) is 0 Å². The fourth-order valence-corrected chi connectivity index (χ4v) is 2.54. The molecule has 0 unspecified atom stereocenters. The van der Waals surface area contributed by atoms with Crippen molar-refractivity contribution >= 4 is 27.3 Å². The van der Waals surface area contributed by atoms with Crippen molar-refractivity contribution in [3.05, 3.63) is 53.3 Å². The van der Waals surface area contributed by atoms with Gasteiger partial charge in [0.05, 0.1) is 5.69 Å². The molecule has 0 fully saturated rings. The summed E-state index contributed by atoms with van der Waals surface area (Å²) in [4.78, 5) is 11.8. The summed E-state index contributed by atoms with van der Waals surface area (Å²) in [5, 5.41) is 7.58. The second-order valence-corrected chi connectivity index (χ2v) is 6.25. The molecule has 2 aromatic carbocycles. The van der Waals surface area contributed by atoms with Gasteiger partial charge in [-0.1, -0.05) is 0 Å². The van der Waals surface area contributed by atoms with Gasteiger partial charge in [-0.25, -0.2) is 17.9 Å². The number of benzene rings is 2. The Bertz CT molecular complexity index is 850. The first kappa shape index (κ1) is 15.9. The number of rotatable bonds is 3. The summed E-state index contributed by atoms with van der Waals surface area (Å²) in [7, 11) is -4.03. The predicted molar refractivity (Wildman–Crippen MR) is 81.3 cm³/mol. The Morgan fingerprint density at radius 3 is 2.45 bits per heavy atom. The zero-order valence-corrected chi connectivity index (χ0v) is 12.4. The molecule has 22 heavy (non-hydrogen) atoms. The van der Waals surface area contributed by atoms with Gasteiger partial charge in [-0.2, -0.15) is 0 Å². The lowest BCUT2D eigenvalue weighted by atomic mass is 10.1. The highest BCUT2D eigenvalue weighted by molar-refractivity contribution is 7.89. The van der Waals surface area contributed by atoms with Crippen LogP contribution >= 0.6 is 0 Å². The lowest BCUT2D eigenvalue weighted by Crippen LogP contribution is -2.17. The number of aryl methyl sites for hydroxylation is 1. The van der Waals surface area contributed by atoms with Crippen molar-refractivity contribution in [2.75, 3.05) is 11.1 Å². The highest BCUT2D eigenvalue weighted by Crippen LogP contribution is 2.20. The molecular weight excluding hydrogens is 309 g/mol. The first-order chi connectivity index (χ1) is 10.2. The molecule has 0 aliphatic heterocycles. The van der Waals surface area contributed by atoms with Crippen LogP contribution < -0.4 is 16.2 Å². The lowest BCUT2D eigenvalue weighted by Gasteiger charge is -2.09. The number of hydrogen-bond donors (Lipinski definition) is 3. The van der Waals surface area contributed by atoms with E-state index in [4.69, 9.17) is 10.9 Å². The molecule has 6 nitrogen and oxygen atoms in total. The quantitative estimate of drug-likeness (QED) is 0.744. The Morgan fingerprint density at radius 2 is 1.86 bits per heavy atom. The van der Waals surface area contributed by atoms with E-state index in [-0.39, 0.29) is 22.0 Å². The lowest BCUT2D eigenvalue weighted by molar-refractivity contribution is 0.102. The number of anilines is 2. The Kier molecular flexibility index (Phi) is 4.16. The third-order valence-electron chi connectivity index (χ3n) is 3.00. The van der Waals surface area contributed by atoms with E-state index in [1.165, 1.54) is 30.3 Å². The zero-order chi connectivity index (χ0) is 16.5. The van der Waals surface area contributed by atoms with E-state index < -0.39 is 15.9 Å². The molecule has 5 N–H and O–H groups in total. The minimum absolute atomic E-state index is 0.0447. The number of nitrogens with one attached hydrogen (secondary N) is 1. The maximum atomic E-state index is 13.2. The largest absolute Gasteiger partial charge is 0.398 e. The number of nitrogen functional groups attached to an aromatic ring is 1. The van der Waals surface area contributed by atoms with Gasteiger partial charge in [0.1, 0.15) is 10.7 Å². The topological polar surface area (TPSA) is 115 Å². The van der Waals surface area contributed by atoms with E-state index in [1.807, 2.05) is 0 Å². The number of primary sulfonamides is 1. The molecular formula is C14H14FN3O3S. The summed E-state index contributed by atoms with van der Waals surface area (Å²) >= 11 is 0. The van der Waals surface area contributed by atoms with Crippen molar-refractivity contribution in [1.29, 1.82) is 0 Å². The average molecular weight is 323 g/mol. The molecule has 0 heterocycles. The van der Waals surface area contributed by atoms with E-state index in [0.717, 1.165) is 6.07 Å². The van der Waals surface area contributed by atoms with Gasteiger partial charge in [-0.15, -0.1) is 0 Å². The summed E-state index contributed by atoms with van der Waals surface area (Å²) in [5.74, 6) is -0.946. The summed E-state index contributed by atoms with van der Waals surface area (Å²) in [5.41, 5.74) is 6.32. The summed E-state index contributed by atoms with van der Waals surface area (Å²) < 4.78 is 36.0. The van der Waals surface area contributed by atoms with Crippen molar-refractivity contribution in [1.82, 2.24) is 0 Å². The maximum Gasteiger partial charge on any atom is 0.255 e. The number of halogens is 1. The number of carbonyl (C=O) groups is 1. The van der Waals surface area contributed by atoms with Crippen molar-refractivity contribution in [3.63, 3.8) is 0 Å². The molecule has 0 aromatic heterocycles. The predicted octanol–water partition coefficient (Wildman–Crippen LogP) is 1.62. The Balaban J connectivity index is 2.32. The van der Waals surface area contributed by atoms with E-state index in [2.05, 4.69) is 5.32 Å². The van der Waals surface area contributed by atoms with Gasteiger partial charge in [-0.3, -0.25) is 4.79 Å². The van der Waals surface area contributed by atoms with E-state index in [9.17, 15) is 17.6 Å². The first-order valence-corrected chi connectivity index (χ1v) is 7.73. The maximum absolute atomic E-state index is 13.2. The minimum Gasteiger partial charge on any atom is -0.398 e. The number of hydrogen-bond acceptors (Lipinski definition) is 4. The molecule has 2 aromatic rings. The van der Waals surface area contributed by atoms with Gasteiger partial charge in [0.25, 0.3) is 5.91 Å². The van der Waals surface area contributed by atoms with Crippen LogP contribution in [-0.4, -0.2) is 14.3 Å². The third-order valence-corrected chi connectivity index (χ3v) is 3.96. The molecule has 1 amide bonds. The van der Waals surface area contributed by atoms with Crippen molar-refractivity contribution in [2.24, 2.45) is 5.14 Å². The SMILES string of the molecule is Cc1cc(NC(=O)c2ccc(N)c(S(N)(=O)=O)c2)ccc1F. The second-order valence-electron chi connectivity index (χ2n) is 4.72. The van der Waals surface area contributed by atoms with E-state index >= 15 is 0 Å². The summed E-state index contributed by atoms with van der Waals surface area (Å²) in [6.45, 7) is 1.56. The van der Waals surface area contributed by atoms with Gasteiger partial charge in [0, 0.05) is 11.3 Å². The molecule has 0 bridgehead atoms. The summed E-state index contributed by atoms with van der Waals surface area (Å²) in [6.07, 6.45) is 0. The van der Waals surface area contributed by atoms with Gasteiger partial charge >= 0.3 is 0 Å². The normalized spacial score (nSPS) is 11.2. The van der Waals surface area contributed by atoms with Crippen molar-refractivity contribution < 1.29 is 17.6 Å². The standard InChI is InChI=1S/C14H14FN3O3S/c1-8-6-10(3-4-11(8)15)18-14(19)9-2-5-12(16)13(7-9)22(17,20)21/h2-7H,16H2,1H3,(H,18,19)(H2,17,20,21).